The maximum Gasteiger partial charge on any atom is 0.244 e. The predicted octanol–water partition coefficient (Wildman–Crippen LogP) is 1.42. The highest BCUT2D eigenvalue weighted by Gasteiger charge is 2.30. The molecular weight excluding hydrogens is 323 g/mol. The summed E-state index contributed by atoms with van der Waals surface area (Å²) in [5.74, 6) is 0. The fraction of sp³-hybridized carbons (Fsp3) is 0.500. The normalized spacial score (nSPS) is 18.4. The lowest BCUT2D eigenvalue weighted by Gasteiger charge is -2.31. The zero-order chi connectivity index (χ0) is 14.9. The number of sulfonamides is 1. The van der Waals surface area contributed by atoms with E-state index in [0.717, 1.165) is 0 Å². The summed E-state index contributed by atoms with van der Waals surface area (Å²) >= 11 is 12.0. The van der Waals surface area contributed by atoms with Crippen molar-refractivity contribution in [3.05, 3.63) is 27.7 Å². The van der Waals surface area contributed by atoms with Crippen molar-refractivity contribution in [2.75, 3.05) is 33.2 Å². The minimum absolute atomic E-state index is 0.0378. The van der Waals surface area contributed by atoms with Gasteiger partial charge in [0.25, 0.3) is 0 Å². The average molecular weight is 339 g/mol. The third-order valence-electron chi connectivity index (χ3n) is 3.33. The van der Waals surface area contributed by atoms with E-state index in [1.807, 2.05) is 7.05 Å². The molecule has 1 aliphatic heterocycles. The Morgan fingerprint density at radius 2 is 1.80 bits per heavy atom. The summed E-state index contributed by atoms with van der Waals surface area (Å²) in [7, 11) is -1.75. The summed E-state index contributed by atoms with van der Waals surface area (Å²) in [4.78, 5) is 2.02. The van der Waals surface area contributed by atoms with Crippen molar-refractivity contribution in [2.24, 2.45) is 0 Å². The summed E-state index contributed by atoms with van der Waals surface area (Å²) in [5.41, 5.74) is 0.312. The third kappa shape index (κ3) is 3.10. The van der Waals surface area contributed by atoms with Crippen LogP contribution in [0.2, 0.25) is 10.0 Å². The van der Waals surface area contributed by atoms with Crippen LogP contribution in [0.1, 0.15) is 5.56 Å². The first kappa shape index (κ1) is 16.0. The highest BCUT2D eigenvalue weighted by molar-refractivity contribution is 7.89. The number of benzene rings is 1. The van der Waals surface area contributed by atoms with Crippen molar-refractivity contribution < 1.29 is 13.5 Å². The molecule has 1 fully saturated rings. The van der Waals surface area contributed by atoms with Crippen molar-refractivity contribution in [2.45, 2.75) is 11.5 Å². The Bertz CT molecular complexity index is 599. The van der Waals surface area contributed by atoms with E-state index in [1.165, 1.54) is 16.4 Å². The maximum absolute atomic E-state index is 12.6. The SMILES string of the molecule is CN1CCN(S(=O)(=O)c2cc(Cl)cc(CO)c2Cl)CC1. The Morgan fingerprint density at radius 3 is 2.35 bits per heavy atom. The lowest BCUT2D eigenvalue weighted by atomic mass is 10.2. The number of hydrogen-bond donors (Lipinski definition) is 1. The largest absolute Gasteiger partial charge is 0.392 e. The van der Waals surface area contributed by atoms with Gasteiger partial charge >= 0.3 is 0 Å². The molecule has 0 spiro atoms. The minimum Gasteiger partial charge on any atom is -0.392 e. The molecule has 0 bridgehead atoms. The summed E-state index contributed by atoms with van der Waals surface area (Å²) in [6.07, 6.45) is 0. The summed E-state index contributed by atoms with van der Waals surface area (Å²) in [6, 6.07) is 2.80. The Morgan fingerprint density at radius 1 is 1.20 bits per heavy atom. The lowest BCUT2D eigenvalue weighted by molar-refractivity contribution is 0.222. The quantitative estimate of drug-likeness (QED) is 0.905. The number of nitrogens with zero attached hydrogens (tertiary/aromatic N) is 2. The van der Waals surface area contributed by atoms with Crippen LogP contribution in [0.5, 0.6) is 0 Å². The molecule has 1 aromatic carbocycles. The molecule has 0 aromatic heterocycles. The monoisotopic (exact) mass is 338 g/mol. The van der Waals surface area contributed by atoms with E-state index in [-0.39, 0.29) is 21.5 Å². The molecule has 1 saturated heterocycles. The smallest absolute Gasteiger partial charge is 0.244 e. The van der Waals surface area contributed by atoms with Gasteiger partial charge < -0.3 is 10.0 Å². The molecule has 0 unspecified atom stereocenters. The number of halogens is 2. The highest BCUT2D eigenvalue weighted by atomic mass is 35.5. The van der Waals surface area contributed by atoms with Crippen LogP contribution >= 0.6 is 23.2 Å². The zero-order valence-electron chi connectivity index (χ0n) is 11.0. The van der Waals surface area contributed by atoms with Gasteiger partial charge in [0, 0.05) is 31.2 Å². The molecule has 8 heteroatoms. The van der Waals surface area contributed by atoms with E-state index in [1.54, 1.807) is 0 Å². The van der Waals surface area contributed by atoms with Gasteiger partial charge in [0.1, 0.15) is 4.90 Å². The van der Waals surface area contributed by atoms with Crippen LogP contribution in [0, 0.1) is 0 Å². The minimum atomic E-state index is -3.69. The van der Waals surface area contributed by atoms with Gasteiger partial charge in [0.2, 0.25) is 10.0 Å². The van der Waals surface area contributed by atoms with Gasteiger partial charge in [-0.2, -0.15) is 4.31 Å². The number of rotatable bonds is 3. The van der Waals surface area contributed by atoms with Gasteiger partial charge in [-0.05, 0) is 24.7 Å². The molecule has 0 saturated carbocycles. The van der Waals surface area contributed by atoms with Gasteiger partial charge in [0.05, 0.1) is 11.6 Å². The number of piperazine rings is 1. The van der Waals surface area contributed by atoms with Crippen LogP contribution in [0.3, 0.4) is 0 Å². The molecule has 1 aromatic rings. The third-order valence-corrected chi connectivity index (χ3v) is 6.03. The second kappa shape index (κ2) is 6.17. The van der Waals surface area contributed by atoms with Gasteiger partial charge in [-0.15, -0.1) is 0 Å². The lowest BCUT2D eigenvalue weighted by Crippen LogP contribution is -2.47. The molecule has 2 rings (SSSR count). The van der Waals surface area contributed by atoms with Gasteiger partial charge in [-0.3, -0.25) is 0 Å². The van der Waals surface area contributed by atoms with Crippen LogP contribution in [-0.2, 0) is 16.6 Å². The molecule has 1 heterocycles. The van der Waals surface area contributed by atoms with Crippen molar-refractivity contribution in [1.29, 1.82) is 0 Å². The molecule has 1 N–H and O–H groups in total. The molecule has 0 atom stereocenters. The number of hydrogen-bond acceptors (Lipinski definition) is 4. The van der Waals surface area contributed by atoms with Crippen LogP contribution in [-0.4, -0.2) is 56.0 Å². The molecule has 1 aliphatic rings. The molecule has 0 amide bonds. The van der Waals surface area contributed by atoms with Crippen LogP contribution in [0.15, 0.2) is 17.0 Å². The van der Waals surface area contributed by atoms with E-state index >= 15 is 0 Å². The highest BCUT2D eigenvalue weighted by Crippen LogP contribution is 2.31. The fourth-order valence-electron chi connectivity index (χ4n) is 2.09. The second-order valence-corrected chi connectivity index (χ2v) is 7.46. The summed E-state index contributed by atoms with van der Waals surface area (Å²) in [5, 5.41) is 9.50. The molecule has 0 radical (unpaired) electrons. The van der Waals surface area contributed by atoms with Gasteiger partial charge in [-0.1, -0.05) is 23.2 Å². The maximum atomic E-state index is 12.6. The first-order valence-electron chi connectivity index (χ1n) is 6.13. The standard InChI is InChI=1S/C12H16Cl2N2O3S/c1-15-2-4-16(5-3-15)20(18,19)11-7-10(13)6-9(8-17)12(11)14/h6-7,17H,2-5,8H2,1H3. The zero-order valence-corrected chi connectivity index (χ0v) is 13.3. The van der Waals surface area contributed by atoms with E-state index in [2.05, 4.69) is 4.90 Å². The first-order chi connectivity index (χ1) is 9.36. The topological polar surface area (TPSA) is 60.9 Å². The Kier molecular flexibility index (Phi) is 4.94. The van der Waals surface area contributed by atoms with Crippen molar-refractivity contribution in [3.63, 3.8) is 0 Å². The summed E-state index contributed by atoms with van der Waals surface area (Å²) in [6.45, 7) is 1.81. The van der Waals surface area contributed by atoms with E-state index in [9.17, 15) is 13.5 Å². The molecular formula is C12H16Cl2N2O3S. The number of aliphatic hydroxyl groups is 1. The van der Waals surface area contributed by atoms with Crippen LogP contribution < -0.4 is 0 Å². The molecule has 20 heavy (non-hydrogen) atoms. The van der Waals surface area contributed by atoms with E-state index in [0.29, 0.717) is 31.7 Å². The van der Waals surface area contributed by atoms with Crippen molar-refractivity contribution >= 4 is 33.2 Å². The molecule has 0 aliphatic carbocycles. The average Bonchev–Trinajstić information content (AvgIpc) is 2.41. The van der Waals surface area contributed by atoms with E-state index < -0.39 is 10.0 Å². The van der Waals surface area contributed by atoms with Crippen LogP contribution in [0.25, 0.3) is 0 Å². The van der Waals surface area contributed by atoms with E-state index in [4.69, 9.17) is 23.2 Å². The predicted molar refractivity (Wildman–Crippen MR) is 78.6 cm³/mol. The second-order valence-electron chi connectivity index (χ2n) is 4.74. The Labute approximate surface area is 128 Å². The summed E-state index contributed by atoms with van der Waals surface area (Å²) < 4.78 is 26.6. The van der Waals surface area contributed by atoms with Gasteiger partial charge in [-0.25, -0.2) is 8.42 Å². The Hall–Kier alpha value is -0.370. The number of aliphatic hydroxyl groups excluding tert-OH is 1. The Balaban J connectivity index is 2.42. The van der Waals surface area contributed by atoms with Gasteiger partial charge in [0.15, 0.2) is 0 Å². The fourth-order valence-corrected chi connectivity index (χ4v) is 4.41. The first-order valence-corrected chi connectivity index (χ1v) is 8.33. The molecule has 112 valence electrons. The van der Waals surface area contributed by atoms with Crippen LogP contribution in [0.4, 0.5) is 0 Å². The molecule has 5 nitrogen and oxygen atoms in total. The number of likely N-dealkylation sites (N-methyl/N-ethyl adjacent to an activating group) is 1. The van der Waals surface area contributed by atoms with Crippen molar-refractivity contribution in [3.8, 4) is 0 Å². The van der Waals surface area contributed by atoms with Crippen molar-refractivity contribution in [1.82, 2.24) is 9.21 Å².